The van der Waals surface area contributed by atoms with Gasteiger partial charge in [0.1, 0.15) is 17.6 Å². The van der Waals surface area contributed by atoms with Gasteiger partial charge < -0.3 is 10.0 Å². The van der Waals surface area contributed by atoms with Gasteiger partial charge in [0.15, 0.2) is 0 Å². The minimum Gasteiger partial charge on any atom is -0.380 e. The van der Waals surface area contributed by atoms with E-state index in [-0.39, 0.29) is 37.1 Å². The fraction of sp³-hybridized carbons (Fsp3) is 0.480. The highest BCUT2D eigenvalue weighted by Gasteiger charge is 2.52. The molecule has 3 atom stereocenters. The fourth-order valence-corrected chi connectivity index (χ4v) is 5.66. The number of aliphatic hydroxyl groups is 1. The van der Waals surface area contributed by atoms with Crippen molar-refractivity contribution in [1.29, 1.82) is 0 Å². The van der Waals surface area contributed by atoms with Crippen LogP contribution in [0, 0.1) is 12.7 Å². The van der Waals surface area contributed by atoms with E-state index in [9.17, 15) is 18.3 Å². The number of amides is 1. The van der Waals surface area contributed by atoms with Crippen LogP contribution in [0.5, 0.6) is 0 Å². The van der Waals surface area contributed by atoms with Crippen molar-refractivity contribution >= 4 is 15.9 Å². The molecule has 1 heterocycles. The molecule has 0 aromatic heterocycles. The van der Waals surface area contributed by atoms with Gasteiger partial charge in [-0.1, -0.05) is 48.0 Å². The monoisotopic (exact) mass is 492 g/mol. The number of carbonyl (C=O) groups is 1. The molecule has 6 nitrogen and oxygen atoms in total. The summed E-state index contributed by atoms with van der Waals surface area (Å²) in [5.74, 6) is -1.38. The first-order valence-corrected chi connectivity index (χ1v) is 13.2. The number of hydrogen-bond donors (Lipinski definition) is 2. The second-order valence-electron chi connectivity index (χ2n) is 9.33. The summed E-state index contributed by atoms with van der Waals surface area (Å²) in [6, 6.07) is 10.1. The summed E-state index contributed by atoms with van der Waals surface area (Å²) in [5, 5.41) is 10.6. The van der Waals surface area contributed by atoms with Gasteiger partial charge in [-0.25, -0.2) is 21.9 Å². The number of aryl methyl sites for hydroxylation is 1. The minimum absolute atomic E-state index is 0.0926. The quantitative estimate of drug-likeness (QED) is 0.622. The van der Waals surface area contributed by atoms with Crippen LogP contribution in [0.1, 0.15) is 37.3 Å². The van der Waals surface area contributed by atoms with Crippen molar-refractivity contribution in [3.8, 4) is 11.1 Å². The standard InChI is InChI=1S/C25H30F2N2O4S/c1-3-34(32,33)28-23-20(26)15-29(24(30)25(31)11-6-12-25)21(23)14-18-9-5-10-19(22(18)27)17-8-4-7-16(2)13-17/h4-5,7-10,13,20-21,23,28,31H,3,6,11-12,14-15H2,1-2H3/t20-,21-,23-/m0/s1. The summed E-state index contributed by atoms with van der Waals surface area (Å²) in [6.45, 7) is 2.98. The summed E-state index contributed by atoms with van der Waals surface area (Å²) in [5.41, 5.74) is 0.708. The number of hydrogen-bond acceptors (Lipinski definition) is 4. The van der Waals surface area contributed by atoms with E-state index in [0.717, 1.165) is 5.56 Å². The largest absolute Gasteiger partial charge is 0.380 e. The van der Waals surface area contributed by atoms with Crippen LogP contribution in [-0.4, -0.2) is 60.5 Å². The molecule has 2 aliphatic rings. The smallest absolute Gasteiger partial charge is 0.254 e. The zero-order chi connectivity index (χ0) is 24.7. The van der Waals surface area contributed by atoms with Crippen molar-refractivity contribution in [3.05, 3.63) is 59.4 Å². The zero-order valence-corrected chi connectivity index (χ0v) is 20.1. The normalized spacial score (nSPS) is 24.1. The molecule has 0 radical (unpaired) electrons. The highest BCUT2D eigenvalue weighted by Crippen LogP contribution is 2.37. The Morgan fingerprint density at radius 3 is 2.56 bits per heavy atom. The van der Waals surface area contributed by atoms with Crippen LogP contribution in [0.3, 0.4) is 0 Å². The summed E-state index contributed by atoms with van der Waals surface area (Å²) >= 11 is 0. The zero-order valence-electron chi connectivity index (χ0n) is 19.3. The average molecular weight is 493 g/mol. The number of rotatable bonds is 7. The van der Waals surface area contributed by atoms with E-state index < -0.39 is 45.6 Å². The molecular weight excluding hydrogens is 462 g/mol. The van der Waals surface area contributed by atoms with Crippen LogP contribution in [-0.2, 0) is 21.2 Å². The Hall–Kier alpha value is -2.36. The van der Waals surface area contributed by atoms with Gasteiger partial charge in [-0.2, -0.15) is 0 Å². The van der Waals surface area contributed by atoms with E-state index in [1.807, 2.05) is 25.1 Å². The fourth-order valence-electron chi connectivity index (χ4n) is 4.78. The van der Waals surface area contributed by atoms with Crippen LogP contribution in [0.15, 0.2) is 42.5 Å². The van der Waals surface area contributed by atoms with Crippen LogP contribution >= 0.6 is 0 Å². The molecule has 2 aromatic carbocycles. The highest BCUT2D eigenvalue weighted by atomic mass is 32.2. The SMILES string of the molecule is CCS(=O)(=O)N[C@H]1[C@@H](F)CN(C(=O)C2(O)CCC2)[C@H]1Cc1cccc(-c2cccc(C)c2)c1F. The molecule has 2 N–H and O–H groups in total. The number of halogens is 2. The highest BCUT2D eigenvalue weighted by molar-refractivity contribution is 7.89. The first-order valence-electron chi connectivity index (χ1n) is 11.6. The maximum absolute atomic E-state index is 15.6. The van der Waals surface area contributed by atoms with Crippen LogP contribution < -0.4 is 4.72 Å². The van der Waals surface area contributed by atoms with Gasteiger partial charge in [0.2, 0.25) is 10.0 Å². The second kappa shape index (κ2) is 9.36. The maximum Gasteiger partial charge on any atom is 0.254 e. The maximum atomic E-state index is 15.6. The van der Waals surface area contributed by atoms with E-state index in [1.165, 1.54) is 11.8 Å². The van der Waals surface area contributed by atoms with Gasteiger partial charge in [-0.3, -0.25) is 4.79 Å². The Morgan fingerprint density at radius 1 is 1.24 bits per heavy atom. The summed E-state index contributed by atoms with van der Waals surface area (Å²) in [6.07, 6.45) is -0.547. The number of likely N-dealkylation sites (tertiary alicyclic amines) is 1. The molecule has 4 rings (SSSR count). The van der Waals surface area contributed by atoms with Crippen molar-refractivity contribution in [1.82, 2.24) is 9.62 Å². The molecule has 0 unspecified atom stereocenters. The topological polar surface area (TPSA) is 86.7 Å². The number of alkyl halides is 1. The van der Waals surface area contributed by atoms with Gasteiger partial charge in [-0.05, 0) is 50.7 Å². The molecule has 34 heavy (non-hydrogen) atoms. The third-order valence-electron chi connectivity index (χ3n) is 6.95. The second-order valence-corrected chi connectivity index (χ2v) is 11.4. The summed E-state index contributed by atoms with van der Waals surface area (Å²) in [7, 11) is -3.79. The Morgan fingerprint density at radius 2 is 1.94 bits per heavy atom. The molecule has 0 spiro atoms. The lowest BCUT2D eigenvalue weighted by molar-refractivity contribution is -0.161. The van der Waals surface area contributed by atoms with E-state index in [4.69, 9.17) is 0 Å². The lowest BCUT2D eigenvalue weighted by Crippen LogP contribution is -2.57. The van der Waals surface area contributed by atoms with E-state index in [1.54, 1.807) is 24.3 Å². The van der Waals surface area contributed by atoms with Gasteiger partial charge >= 0.3 is 0 Å². The number of nitrogens with zero attached hydrogens (tertiary/aromatic N) is 1. The van der Waals surface area contributed by atoms with Crippen molar-refractivity contribution in [3.63, 3.8) is 0 Å². The molecule has 9 heteroatoms. The molecule has 1 saturated heterocycles. The predicted molar refractivity (Wildman–Crippen MR) is 126 cm³/mol. The molecule has 1 amide bonds. The van der Waals surface area contributed by atoms with Gasteiger partial charge in [0.25, 0.3) is 5.91 Å². The van der Waals surface area contributed by atoms with E-state index in [2.05, 4.69) is 4.72 Å². The molecule has 1 aliphatic carbocycles. The first-order chi connectivity index (χ1) is 16.0. The van der Waals surface area contributed by atoms with Crippen molar-refractivity contribution < 1.29 is 27.1 Å². The van der Waals surface area contributed by atoms with Crippen molar-refractivity contribution in [2.24, 2.45) is 0 Å². The van der Waals surface area contributed by atoms with Gasteiger partial charge in [0, 0.05) is 5.56 Å². The van der Waals surface area contributed by atoms with Crippen molar-refractivity contribution in [2.45, 2.75) is 63.4 Å². The first kappa shape index (κ1) is 24.8. The van der Waals surface area contributed by atoms with Crippen LogP contribution in [0.25, 0.3) is 11.1 Å². The van der Waals surface area contributed by atoms with Crippen molar-refractivity contribution in [2.75, 3.05) is 12.3 Å². The molecule has 2 fully saturated rings. The summed E-state index contributed by atoms with van der Waals surface area (Å²) < 4.78 is 57.7. The van der Waals surface area contributed by atoms with Crippen LogP contribution in [0.2, 0.25) is 0 Å². The molecule has 1 saturated carbocycles. The average Bonchev–Trinajstić information content (AvgIpc) is 3.07. The number of benzene rings is 2. The lowest BCUT2D eigenvalue weighted by Gasteiger charge is -2.40. The molecule has 184 valence electrons. The minimum atomic E-state index is -3.79. The van der Waals surface area contributed by atoms with Crippen LogP contribution in [0.4, 0.5) is 8.78 Å². The Balaban J connectivity index is 1.70. The number of sulfonamides is 1. The number of carbonyl (C=O) groups excluding carboxylic acids is 1. The van der Waals surface area contributed by atoms with E-state index >= 15 is 8.78 Å². The molecule has 1 aliphatic heterocycles. The number of nitrogens with one attached hydrogen (secondary N) is 1. The lowest BCUT2D eigenvalue weighted by atomic mass is 9.79. The van der Waals surface area contributed by atoms with E-state index in [0.29, 0.717) is 17.5 Å². The third kappa shape index (κ3) is 4.74. The molecule has 2 aromatic rings. The predicted octanol–water partition coefficient (Wildman–Crippen LogP) is 3.12. The van der Waals surface area contributed by atoms with Gasteiger partial charge in [-0.15, -0.1) is 0 Å². The Kier molecular flexibility index (Phi) is 6.81. The Labute approximate surface area is 199 Å². The molecule has 0 bridgehead atoms. The molecular formula is C25H30F2N2O4S. The third-order valence-corrected chi connectivity index (χ3v) is 8.34. The van der Waals surface area contributed by atoms with Gasteiger partial charge in [0.05, 0.1) is 24.4 Å². The Bertz CT molecular complexity index is 1180. The summed E-state index contributed by atoms with van der Waals surface area (Å²) in [4.78, 5) is 14.3.